The van der Waals surface area contributed by atoms with Crippen molar-refractivity contribution in [2.45, 2.75) is 47.0 Å². The molecule has 1 amide bonds. The molecule has 7 nitrogen and oxygen atoms in total. The van der Waals surface area contributed by atoms with Crippen LogP contribution in [0.25, 0.3) is 0 Å². The molecule has 1 aliphatic heterocycles. The van der Waals surface area contributed by atoms with Crippen molar-refractivity contribution in [3.8, 4) is 0 Å². The predicted octanol–water partition coefficient (Wildman–Crippen LogP) is 4.24. The molecule has 4 rings (SSSR count). The van der Waals surface area contributed by atoms with E-state index in [1.807, 2.05) is 38.7 Å². The molecule has 4 heterocycles. The molecule has 1 fully saturated rings. The van der Waals surface area contributed by atoms with Crippen molar-refractivity contribution in [3.63, 3.8) is 0 Å². The van der Waals surface area contributed by atoms with Gasteiger partial charge in [-0.15, -0.1) is 11.3 Å². The number of aromatic nitrogens is 4. The molecule has 3 aromatic rings. The van der Waals surface area contributed by atoms with Gasteiger partial charge in [0.05, 0.1) is 17.0 Å². The first kappa shape index (κ1) is 20.4. The molecule has 8 heteroatoms. The molecular weight excluding hydrogens is 396 g/mol. The van der Waals surface area contributed by atoms with Crippen LogP contribution in [0.1, 0.15) is 56.2 Å². The highest BCUT2D eigenvalue weighted by molar-refractivity contribution is 7.15. The molecule has 0 aliphatic carbocycles. The van der Waals surface area contributed by atoms with E-state index in [-0.39, 0.29) is 11.8 Å². The maximum absolute atomic E-state index is 13.0. The lowest BCUT2D eigenvalue weighted by Gasteiger charge is -2.18. The normalized spacial score (nSPS) is 16.2. The number of carbonyl (C=O) groups is 1. The summed E-state index contributed by atoms with van der Waals surface area (Å²) in [6, 6.07) is 4.11. The summed E-state index contributed by atoms with van der Waals surface area (Å²) >= 11 is 1.65. The first-order valence-corrected chi connectivity index (χ1v) is 10.9. The molecule has 1 saturated heterocycles. The van der Waals surface area contributed by atoms with E-state index < -0.39 is 0 Å². The highest BCUT2D eigenvalue weighted by atomic mass is 32.1. The standard InChI is InChI=1S/C22H26N6OS/c1-12-8-18(27-22-26-13(2)15(4)30-22)9-20(24-12)17-6-7-28(11-17)21(29)19-10-23-16(5)25-14(19)3/h8-10,17H,6-7,11H2,1-5H3,(H,24,26,27). The number of thiazole rings is 1. The van der Waals surface area contributed by atoms with E-state index in [4.69, 9.17) is 4.98 Å². The van der Waals surface area contributed by atoms with Crippen LogP contribution < -0.4 is 5.32 Å². The molecular formula is C22H26N6OS. The minimum Gasteiger partial charge on any atom is -0.338 e. The Labute approximate surface area is 180 Å². The van der Waals surface area contributed by atoms with Crippen LogP contribution in [0, 0.1) is 34.6 Å². The van der Waals surface area contributed by atoms with Gasteiger partial charge in [0.1, 0.15) is 5.82 Å². The fourth-order valence-electron chi connectivity index (χ4n) is 3.77. The zero-order valence-electron chi connectivity index (χ0n) is 18.0. The van der Waals surface area contributed by atoms with E-state index in [0.717, 1.165) is 40.0 Å². The van der Waals surface area contributed by atoms with Gasteiger partial charge in [-0.05, 0) is 53.2 Å². The van der Waals surface area contributed by atoms with Crippen molar-refractivity contribution in [2.24, 2.45) is 0 Å². The van der Waals surface area contributed by atoms with Gasteiger partial charge in [0.25, 0.3) is 5.91 Å². The minimum absolute atomic E-state index is 0.00487. The fraction of sp³-hybridized carbons (Fsp3) is 0.409. The maximum atomic E-state index is 13.0. The number of anilines is 2. The van der Waals surface area contributed by atoms with Crippen molar-refractivity contribution in [2.75, 3.05) is 18.4 Å². The van der Waals surface area contributed by atoms with Gasteiger partial charge in [-0.2, -0.15) is 0 Å². The van der Waals surface area contributed by atoms with E-state index in [0.29, 0.717) is 24.5 Å². The van der Waals surface area contributed by atoms with Gasteiger partial charge in [-0.3, -0.25) is 9.78 Å². The fourth-order valence-corrected chi connectivity index (χ4v) is 4.61. The summed E-state index contributed by atoms with van der Waals surface area (Å²) in [5, 5.41) is 4.30. The summed E-state index contributed by atoms with van der Waals surface area (Å²) in [7, 11) is 0. The van der Waals surface area contributed by atoms with Crippen molar-refractivity contribution >= 4 is 28.1 Å². The van der Waals surface area contributed by atoms with Crippen molar-refractivity contribution in [1.29, 1.82) is 0 Å². The van der Waals surface area contributed by atoms with Gasteiger partial charge in [0, 0.05) is 47.2 Å². The third-order valence-electron chi connectivity index (χ3n) is 5.48. The van der Waals surface area contributed by atoms with Gasteiger partial charge >= 0.3 is 0 Å². The smallest absolute Gasteiger partial charge is 0.257 e. The highest BCUT2D eigenvalue weighted by Gasteiger charge is 2.30. The first-order chi connectivity index (χ1) is 14.3. The van der Waals surface area contributed by atoms with Gasteiger partial charge in [0.2, 0.25) is 0 Å². The van der Waals surface area contributed by atoms with Gasteiger partial charge in [-0.25, -0.2) is 15.0 Å². The number of likely N-dealkylation sites (tertiary alicyclic amines) is 1. The summed E-state index contributed by atoms with van der Waals surface area (Å²) in [5.41, 5.74) is 5.30. The second-order valence-corrected chi connectivity index (χ2v) is 9.06. The van der Waals surface area contributed by atoms with Gasteiger partial charge in [-0.1, -0.05) is 0 Å². The number of carbonyl (C=O) groups excluding carboxylic acids is 1. The average molecular weight is 423 g/mol. The van der Waals surface area contributed by atoms with E-state index in [9.17, 15) is 4.79 Å². The third-order valence-corrected chi connectivity index (χ3v) is 6.47. The Kier molecular flexibility index (Phi) is 5.51. The summed E-state index contributed by atoms with van der Waals surface area (Å²) in [6.07, 6.45) is 2.53. The number of aryl methyl sites for hydroxylation is 5. The molecule has 3 aromatic heterocycles. The lowest BCUT2D eigenvalue weighted by molar-refractivity contribution is 0.0789. The van der Waals surface area contributed by atoms with Gasteiger partial charge < -0.3 is 10.2 Å². The Morgan fingerprint density at radius 3 is 2.60 bits per heavy atom. The molecule has 156 valence electrons. The van der Waals surface area contributed by atoms with E-state index in [2.05, 4.69) is 33.3 Å². The maximum Gasteiger partial charge on any atom is 0.257 e. The molecule has 0 spiro atoms. The number of nitrogens with one attached hydrogen (secondary N) is 1. The number of hydrogen-bond acceptors (Lipinski definition) is 7. The molecule has 30 heavy (non-hydrogen) atoms. The second-order valence-electron chi connectivity index (χ2n) is 7.86. The topological polar surface area (TPSA) is 83.9 Å². The van der Waals surface area contributed by atoms with Crippen LogP contribution >= 0.6 is 11.3 Å². The van der Waals surface area contributed by atoms with E-state index >= 15 is 0 Å². The lowest BCUT2D eigenvalue weighted by atomic mass is 10.0. The minimum atomic E-state index is -0.00487. The quantitative estimate of drug-likeness (QED) is 0.677. The lowest BCUT2D eigenvalue weighted by Crippen LogP contribution is -2.29. The first-order valence-electron chi connectivity index (χ1n) is 10.1. The largest absolute Gasteiger partial charge is 0.338 e. The SMILES string of the molecule is Cc1cc(Nc2nc(C)c(C)s2)cc(C2CCN(C(=O)c3cnc(C)nc3C)C2)n1. The van der Waals surface area contributed by atoms with Crippen molar-refractivity contribution < 1.29 is 4.79 Å². The predicted molar refractivity (Wildman–Crippen MR) is 119 cm³/mol. The number of hydrogen-bond donors (Lipinski definition) is 1. The average Bonchev–Trinajstić information content (AvgIpc) is 3.28. The summed E-state index contributed by atoms with van der Waals surface area (Å²) < 4.78 is 0. The molecule has 0 bridgehead atoms. The van der Waals surface area contributed by atoms with Gasteiger partial charge in [0.15, 0.2) is 5.13 Å². The van der Waals surface area contributed by atoms with Crippen LogP contribution in [0.15, 0.2) is 18.3 Å². The number of nitrogens with zero attached hydrogens (tertiary/aromatic N) is 5. The molecule has 0 saturated carbocycles. The molecule has 0 aromatic carbocycles. The van der Waals surface area contributed by atoms with Crippen LogP contribution in [-0.4, -0.2) is 43.8 Å². The van der Waals surface area contributed by atoms with E-state index in [1.165, 1.54) is 4.88 Å². The molecule has 1 unspecified atom stereocenters. The molecule has 1 N–H and O–H groups in total. The highest BCUT2D eigenvalue weighted by Crippen LogP contribution is 2.31. The Morgan fingerprint density at radius 1 is 1.10 bits per heavy atom. The number of amides is 1. The third kappa shape index (κ3) is 4.18. The van der Waals surface area contributed by atoms with Crippen LogP contribution in [0.2, 0.25) is 0 Å². The Bertz CT molecular complexity index is 1090. The van der Waals surface area contributed by atoms with Crippen LogP contribution in [-0.2, 0) is 0 Å². The number of rotatable bonds is 4. The monoisotopic (exact) mass is 422 g/mol. The number of pyridine rings is 1. The van der Waals surface area contributed by atoms with Crippen LogP contribution in [0.4, 0.5) is 10.8 Å². The molecule has 1 aliphatic rings. The zero-order chi connectivity index (χ0) is 21.4. The zero-order valence-corrected chi connectivity index (χ0v) is 18.8. The van der Waals surface area contributed by atoms with Crippen LogP contribution in [0.5, 0.6) is 0 Å². The Balaban J connectivity index is 1.51. The Hall–Kier alpha value is -2.87. The summed E-state index contributed by atoms with van der Waals surface area (Å²) in [4.78, 5) is 33.9. The molecule has 0 radical (unpaired) electrons. The summed E-state index contributed by atoms with van der Waals surface area (Å²) in [5.74, 6) is 0.883. The van der Waals surface area contributed by atoms with Crippen molar-refractivity contribution in [1.82, 2.24) is 24.8 Å². The van der Waals surface area contributed by atoms with Crippen molar-refractivity contribution in [3.05, 3.63) is 57.4 Å². The Morgan fingerprint density at radius 2 is 1.90 bits per heavy atom. The molecule has 1 atom stereocenters. The second kappa shape index (κ2) is 8.10. The van der Waals surface area contributed by atoms with Crippen LogP contribution in [0.3, 0.4) is 0 Å². The summed E-state index contributed by atoms with van der Waals surface area (Å²) in [6.45, 7) is 11.1. The van der Waals surface area contributed by atoms with E-state index in [1.54, 1.807) is 17.5 Å².